The van der Waals surface area contributed by atoms with Gasteiger partial charge in [-0.1, -0.05) is 0 Å². The van der Waals surface area contributed by atoms with Gasteiger partial charge in [0.15, 0.2) is 23.6 Å². The number of imidazole rings is 1. The van der Waals surface area contributed by atoms with E-state index >= 15 is 0 Å². The van der Waals surface area contributed by atoms with Crippen molar-refractivity contribution < 1.29 is 56.7 Å². The fraction of sp³-hybridized carbons (Fsp3) is 0.455. The maximum atomic E-state index is 13.2. The number of nitrogens with two attached hydrogens (primary N) is 2. The summed E-state index contributed by atoms with van der Waals surface area (Å²) in [7, 11) is -10.1. The Labute approximate surface area is 250 Å². The minimum absolute atomic E-state index is 0.120. The van der Waals surface area contributed by atoms with Gasteiger partial charge in [0, 0.05) is 23.5 Å². The van der Waals surface area contributed by atoms with E-state index in [1.165, 1.54) is 17.0 Å². The van der Waals surface area contributed by atoms with Crippen molar-refractivity contribution in [2.75, 3.05) is 24.7 Å². The molecule has 0 aliphatic carbocycles. The second-order valence-corrected chi connectivity index (χ2v) is 13.2. The number of aromatic nitrogens is 6. The molecule has 10 atom stereocenters. The number of nitrogen functional groups attached to an aromatic ring is 2. The Balaban J connectivity index is 1.21. The summed E-state index contributed by atoms with van der Waals surface area (Å²) in [4.78, 5) is 48.1. The van der Waals surface area contributed by atoms with Gasteiger partial charge in [0.05, 0.1) is 19.5 Å². The molecule has 9 N–H and O–H groups in total. The van der Waals surface area contributed by atoms with Gasteiger partial charge in [-0.2, -0.15) is 4.98 Å². The summed E-state index contributed by atoms with van der Waals surface area (Å²) in [5.41, 5.74) is 11.4. The molecule has 0 aromatic carbocycles. The Morgan fingerprint density at radius 1 is 0.889 bits per heavy atom. The number of aliphatic hydroxyl groups excluding tert-OH is 2. The molecule has 4 aromatic rings. The molecule has 7 heterocycles. The number of anilines is 2. The number of fused-ring (bicyclic) bond motifs is 5. The highest BCUT2D eigenvalue weighted by Gasteiger charge is 2.53. The fourth-order valence-corrected chi connectivity index (χ4v) is 7.42. The molecule has 2 bridgehead atoms. The first-order chi connectivity index (χ1) is 21.3. The van der Waals surface area contributed by atoms with E-state index in [2.05, 4.69) is 19.9 Å². The molecule has 4 aromatic heterocycles. The third-order valence-electron chi connectivity index (χ3n) is 7.58. The first-order valence-corrected chi connectivity index (χ1v) is 16.2. The lowest BCUT2D eigenvalue weighted by atomic mass is 10.1. The number of phosphoric ester groups is 2. The van der Waals surface area contributed by atoms with Crippen molar-refractivity contribution in [3.05, 3.63) is 41.2 Å². The highest BCUT2D eigenvalue weighted by molar-refractivity contribution is 7.47. The van der Waals surface area contributed by atoms with E-state index in [4.69, 9.17) is 39.0 Å². The second-order valence-electron chi connectivity index (χ2n) is 10.4. The highest BCUT2D eigenvalue weighted by Crippen LogP contribution is 2.53. The molecule has 23 heteroatoms. The Bertz CT molecular complexity index is 1930. The molecule has 3 aliphatic rings. The monoisotopic (exact) mass is 672 g/mol. The van der Waals surface area contributed by atoms with E-state index in [9.17, 15) is 33.9 Å². The predicted octanol–water partition coefficient (Wildman–Crippen LogP) is -1.13. The number of H-pyrrole nitrogens is 1. The normalized spacial score (nSPS) is 37.7. The summed E-state index contributed by atoms with van der Waals surface area (Å²) in [5.74, 6) is -0.277. The van der Waals surface area contributed by atoms with Gasteiger partial charge in [-0.15, -0.1) is 0 Å². The van der Waals surface area contributed by atoms with E-state index in [0.717, 1.165) is 10.9 Å². The largest absolute Gasteiger partial charge is 0.472 e. The molecule has 0 amide bonds. The molecule has 3 fully saturated rings. The molecule has 0 radical (unpaired) electrons. The molecule has 3 aliphatic heterocycles. The predicted molar refractivity (Wildman–Crippen MR) is 148 cm³/mol. The van der Waals surface area contributed by atoms with Crippen molar-refractivity contribution in [1.29, 1.82) is 0 Å². The number of aliphatic hydroxyl groups is 2. The van der Waals surface area contributed by atoms with Crippen LogP contribution in [0.3, 0.4) is 0 Å². The number of ether oxygens (including phenoxy) is 2. The Kier molecular flexibility index (Phi) is 7.36. The van der Waals surface area contributed by atoms with Crippen LogP contribution < -0.4 is 17.0 Å². The molecule has 2 unspecified atom stereocenters. The summed E-state index contributed by atoms with van der Waals surface area (Å²) in [5, 5.41) is 22.7. The van der Waals surface area contributed by atoms with E-state index in [1.807, 2.05) is 0 Å². The number of nitrogens with one attached hydrogen (secondary N) is 1. The molecule has 7 rings (SSSR count). The maximum Gasteiger partial charge on any atom is 0.472 e. The number of nitrogens with zero attached hydrogens (tertiary/aromatic N) is 5. The average molecular weight is 672 g/mol. The van der Waals surface area contributed by atoms with Gasteiger partial charge in [0.2, 0.25) is 5.95 Å². The third kappa shape index (κ3) is 5.35. The Morgan fingerprint density at radius 3 is 2.33 bits per heavy atom. The van der Waals surface area contributed by atoms with Crippen LogP contribution in [-0.2, 0) is 36.7 Å². The molecule has 0 spiro atoms. The van der Waals surface area contributed by atoms with Gasteiger partial charge in [0.25, 0.3) is 5.56 Å². The van der Waals surface area contributed by atoms with Crippen LogP contribution in [0.1, 0.15) is 12.5 Å². The fourth-order valence-electron chi connectivity index (χ4n) is 5.52. The lowest BCUT2D eigenvalue weighted by molar-refractivity contribution is -0.0671. The number of phosphoric acid groups is 2. The zero-order valence-corrected chi connectivity index (χ0v) is 24.5. The van der Waals surface area contributed by atoms with Crippen LogP contribution in [0.5, 0.6) is 0 Å². The lowest BCUT2D eigenvalue weighted by Crippen LogP contribution is -2.36. The Morgan fingerprint density at radius 2 is 1.58 bits per heavy atom. The second kappa shape index (κ2) is 10.9. The molecule has 45 heavy (non-hydrogen) atoms. The minimum atomic E-state index is -5.09. The molecular formula is C22H26N8O13P2. The molecule has 21 nitrogen and oxygen atoms in total. The number of hydrogen-bond acceptors (Lipinski definition) is 16. The van der Waals surface area contributed by atoms with Gasteiger partial charge < -0.3 is 45.5 Å². The summed E-state index contributed by atoms with van der Waals surface area (Å²) in [6.07, 6.45) is -8.33. The molecule has 0 saturated carbocycles. The van der Waals surface area contributed by atoms with Crippen molar-refractivity contribution >= 4 is 49.5 Å². The van der Waals surface area contributed by atoms with Gasteiger partial charge in [-0.25, -0.2) is 19.1 Å². The number of rotatable bonds is 2. The van der Waals surface area contributed by atoms with Crippen LogP contribution in [0.2, 0.25) is 0 Å². The van der Waals surface area contributed by atoms with Crippen molar-refractivity contribution in [2.24, 2.45) is 0 Å². The van der Waals surface area contributed by atoms with Crippen molar-refractivity contribution in [1.82, 2.24) is 29.1 Å². The van der Waals surface area contributed by atoms with Gasteiger partial charge in [-0.3, -0.25) is 32.4 Å². The first-order valence-electron chi connectivity index (χ1n) is 13.2. The van der Waals surface area contributed by atoms with Gasteiger partial charge in [-0.05, 0) is 12.1 Å². The average Bonchev–Trinajstić information content (AvgIpc) is 3.72. The molecule has 242 valence electrons. The Hall–Kier alpha value is -3.30. The smallest absolute Gasteiger partial charge is 0.398 e. The highest BCUT2D eigenvalue weighted by atomic mass is 31.2. The van der Waals surface area contributed by atoms with Crippen LogP contribution >= 0.6 is 15.6 Å². The third-order valence-corrected chi connectivity index (χ3v) is 9.55. The summed E-state index contributed by atoms with van der Waals surface area (Å²) in [6.45, 7) is -1.60. The first kappa shape index (κ1) is 30.4. The number of hydrogen-bond donors (Lipinski definition) is 7. The van der Waals surface area contributed by atoms with E-state index in [0.29, 0.717) is 16.7 Å². The summed E-state index contributed by atoms with van der Waals surface area (Å²) < 4.78 is 61.4. The van der Waals surface area contributed by atoms with Crippen LogP contribution in [0.25, 0.3) is 22.2 Å². The lowest BCUT2D eigenvalue weighted by Gasteiger charge is -2.25. The van der Waals surface area contributed by atoms with Gasteiger partial charge in [0.1, 0.15) is 42.3 Å². The van der Waals surface area contributed by atoms with Crippen LogP contribution in [0.15, 0.2) is 35.6 Å². The van der Waals surface area contributed by atoms with Crippen molar-refractivity contribution in [2.45, 2.75) is 49.1 Å². The standard InChI is InChI=1S/C22H26N8O13P2/c23-9-1-3-25-17-8(9)2-4-29(17)20-14(32)15-11(41-20)6-39-45(36,37)43-16-13(31)10(5-38-44(34,35)42-15)40-21(16)30-7-26-12-18(30)27-22(24)28-19(12)33/h1-4,7,10-11,13-16,20-21,31-32H,5-6H2,(H2,23,25)(H,34,35)(H,36,37)(H3,24,27,28,33)/t10-,11-,13-,14-,15-,16-,20-,21-/m1/s1. The van der Waals surface area contributed by atoms with Gasteiger partial charge >= 0.3 is 15.6 Å². The maximum absolute atomic E-state index is 13.2. The van der Waals surface area contributed by atoms with Crippen LogP contribution in [-0.4, -0.2) is 98.9 Å². The minimum Gasteiger partial charge on any atom is -0.398 e. The SMILES string of the molecule is Nc1nc2c(ncn2[C@@H]2O[C@@H]3COP(=O)(O)O[C@H]4[C@@H](O)[C@H](n5ccc6c(N)ccnc65)O[C@@H]4COP(=O)(O)O[C@@H]2[C@@H]3O)c(=O)[nH]1. The molecule has 3 saturated heterocycles. The summed E-state index contributed by atoms with van der Waals surface area (Å²) in [6, 6.07) is 3.19. The zero-order chi connectivity index (χ0) is 31.8. The van der Waals surface area contributed by atoms with Crippen LogP contribution in [0.4, 0.5) is 11.6 Å². The number of pyridine rings is 1. The summed E-state index contributed by atoms with van der Waals surface area (Å²) >= 11 is 0. The van der Waals surface area contributed by atoms with Crippen LogP contribution in [0, 0.1) is 0 Å². The van der Waals surface area contributed by atoms with E-state index < -0.39 is 83.5 Å². The number of aromatic amines is 1. The zero-order valence-electron chi connectivity index (χ0n) is 22.7. The van der Waals surface area contributed by atoms with E-state index in [-0.39, 0.29) is 17.1 Å². The van der Waals surface area contributed by atoms with Crippen molar-refractivity contribution in [3.63, 3.8) is 0 Å². The van der Waals surface area contributed by atoms with E-state index in [1.54, 1.807) is 12.1 Å². The van der Waals surface area contributed by atoms with Crippen molar-refractivity contribution in [3.8, 4) is 0 Å². The molecular weight excluding hydrogens is 646 g/mol. The topological polar surface area (TPSA) is 304 Å². The quantitative estimate of drug-likeness (QED) is 0.124.